The first-order valence-corrected chi connectivity index (χ1v) is 7.60. The summed E-state index contributed by atoms with van der Waals surface area (Å²) in [6.07, 6.45) is 2.37. The average molecular weight is 302 g/mol. The number of hydrogen-bond donors (Lipinski definition) is 2. The molecule has 2 rings (SSSR count). The zero-order valence-corrected chi connectivity index (χ0v) is 13.2. The lowest BCUT2D eigenvalue weighted by atomic mass is 9.69. The number of aliphatic hydroxyl groups excluding tert-OH is 1. The summed E-state index contributed by atoms with van der Waals surface area (Å²) in [7, 11) is -0.973. The van der Waals surface area contributed by atoms with Crippen LogP contribution >= 0.6 is 0 Å². The fraction of sp³-hybridized carbons (Fsp3) is 0.412. The Balaban J connectivity index is 2.18. The minimum absolute atomic E-state index is 0.0409. The normalized spacial score (nSPS) is 18.3. The summed E-state index contributed by atoms with van der Waals surface area (Å²) in [4.78, 5) is 0. The Morgan fingerprint density at radius 1 is 1.45 bits per heavy atom. The Hall–Kier alpha value is -1.56. The van der Waals surface area contributed by atoms with Gasteiger partial charge in [0.1, 0.15) is 12.4 Å². The Bertz CT molecular complexity index is 553. The van der Waals surface area contributed by atoms with Crippen LogP contribution in [0.1, 0.15) is 31.9 Å². The first-order chi connectivity index (χ1) is 10.5. The molecule has 118 valence electrons. The highest BCUT2D eigenvalue weighted by Crippen LogP contribution is 2.36. The number of benzene rings is 1. The molecule has 0 saturated heterocycles. The van der Waals surface area contributed by atoms with Crippen LogP contribution in [0.3, 0.4) is 0 Å². The van der Waals surface area contributed by atoms with Crippen LogP contribution in [-0.4, -0.2) is 30.5 Å². The molecule has 1 aromatic carbocycles. The molecule has 0 radical (unpaired) electrons. The molecule has 0 aromatic heterocycles. The van der Waals surface area contributed by atoms with Gasteiger partial charge in [-0.3, -0.25) is 0 Å². The van der Waals surface area contributed by atoms with Crippen LogP contribution < -0.4 is 4.74 Å². The number of ether oxygens (including phenoxy) is 1. The minimum Gasteiger partial charge on any atom is -0.491 e. The van der Waals surface area contributed by atoms with Crippen molar-refractivity contribution >= 4 is 7.12 Å². The Labute approximate surface area is 132 Å². The fourth-order valence-electron chi connectivity index (χ4n) is 2.48. The quantitative estimate of drug-likeness (QED) is 0.793. The van der Waals surface area contributed by atoms with Gasteiger partial charge >= 0.3 is 7.12 Å². The largest absolute Gasteiger partial charge is 0.491 e. The van der Waals surface area contributed by atoms with Gasteiger partial charge in [0.2, 0.25) is 0 Å². The third-order valence-electron chi connectivity index (χ3n) is 3.79. The maximum absolute atomic E-state index is 10.3. The van der Waals surface area contributed by atoms with Crippen LogP contribution in [0.25, 0.3) is 0 Å². The topological polar surface area (TPSA) is 58.9 Å². The number of hydrogen-bond acceptors (Lipinski definition) is 4. The molecule has 0 bridgehead atoms. The number of rotatable bonds is 6. The summed E-state index contributed by atoms with van der Waals surface area (Å²) >= 11 is 0. The van der Waals surface area contributed by atoms with Crippen molar-refractivity contribution < 1.29 is 19.5 Å². The van der Waals surface area contributed by atoms with E-state index in [1.165, 1.54) is 0 Å². The van der Waals surface area contributed by atoms with E-state index in [0.717, 1.165) is 16.6 Å². The molecule has 1 aromatic rings. The molecule has 1 aliphatic heterocycles. The fourth-order valence-corrected chi connectivity index (χ4v) is 2.48. The van der Waals surface area contributed by atoms with E-state index in [1.807, 2.05) is 44.2 Å². The highest BCUT2D eigenvalue weighted by Gasteiger charge is 2.32. The van der Waals surface area contributed by atoms with E-state index in [1.54, 1.807) is 0 Å². The molecule has 22 heavy (non-hydrogen) atoms. The second-order valence-corrected chi connectivity index (χ2v) is 5.66. The molecule has 2 N–H and O–H groups in total. The molecule has 4 nitrogen and oxygen atoms in total. The summed E-state index contributed by atoms with van der Waals surface area (Å²) in [5.41, 5.74) is 2.54. The van der Waals surface area contributed by atoms with Crippen molar-refractivity contribution in [1.82, 2.24) is 0 Å². The van der Waals surface area contributed by atoms with Gasteiger partial charge in [0.15, 0.2) is 0 Å². The van der Waals surface area contributed by atoms with Crippen molar-refractivity contribution in [2.24, 2.45) is 5.92 Å². The Kier molecular flexibility index (Phi) is 5.83. The smallest absolute Gasteiger partial charge is 0.491 e. The molecule has 0 amide bonds. The number of allylic oxidation sites excluding steroid dienone is 2. The maximum Gasteiger partial charge on any atom is 0.491 e. The molecule has 1 heterocycles. The zero-order valence-electron chi connectivity index (χ0n) is 13.2. The van der Waals surface area contributed by atoms with Crippen molar-refractivity contribution in [2.45, 2.75) is 26.4 Å². The van der Waals surface area contributed by atoms with Crippen molar-refractivity contribution in [3.05, 3.63) is 53.5 Å². The molecule has 5 heteroatoms. The number of aliphatic hydroxyl groups is 1. The van der Waals surface area contributed by atoms with Gasteiger partial charge in [-0.15, -0.1) is 0 Å². The third kappa shape index (κ3) is 3.80. The van der Waals surface area contributed by atoms with Crippen molar-refractivity contribution in [2.75, 3.05) is 13.2 Å². The summed E-state index contributed by atoms with van der Waals surface area (Å²) < 4.78 is 11.3. The highest BCUT2D eigenvalue weighted by molar-refractivity contribution is 6.54. The van der Waals surface area contributed by atoms with Crippen LogP contribution in [0.5, 0.6) is 5.75 Å². The van der Waals surface area contributed by atoms with Crippen LogP contribution in [0.2, 0.25) is 0 Å². The lowest BCUT2D eigenvalue weighted by molar-refractivity contribution is 0.157. The molecule has 0 fully saturated rings. The molecular formula is C17H23BO4. The number of para-hydroxylation sites is 1. The lowest BCUT2D eigenvalue weighted by Gasteiger charge is -2.28. The van der Waals surface area contributed by atoms with E-state index in [4.69, 9.17) is 14.5 Å². The first kappa shape index (κ1) is 16.8. The summed E-state index contributed by atoms with van der Waals surface area (Å²) in [5.74, 6) is 0.939. The van der Waals surface area contributed by atoms with Gasteiger partial charge < -0.3 is 19.5 Å². The van der Waals surface area contributed by atoms with Crippen molar-refractivity contribution in [1.29, 1.82) is 0 Å². The molecule has 0 saturated carbocycles. The molecule has 0 spiro atoms. The van der Waals surface area contributed by atoms with Gasteiger partial charge in [-0.2, -0.15) is 0 Å². The zero-order chi connectivity index (χ0) is 16.1. The van der Waals surface area contributed by atoms with Crippen LogP contribution in [0, 0.1) is 5.92 Å². The van der Waals surface area contributed by atoms with E-state index in [2.05, 4.69) is 6.58 Å². The van der Waals surface area contributed by atoms with Crippen LogP contribution in [0.15, 0.2) is 48.0 Å². The monoisotopic (exact) mass is 302 g/mol. The summed E-state index contributed by atoms with van der Waals surface area (Å²) in [6, 6.07) is 7.54. The molecule has 1 aliphatic rings. The molecule has 0 unspecified atom stereocenters. The molecule has 0 aliphatic carbocycles. The highest BCUT2D eigenvalue weighted by atomic mass is 16.5. The van der Waals surface area contributed by atoms with E-state index in [0.29, 0.717) is 12.2 Å². The van der Waals surface area contributed by atoms with Gasteiger partial charge in [-0.25, -0.2) is 0 Å². The third-order valence-corrected chi connectivity index (χ3v) is 3.79. The van der Waals surface area contributed by atoms with Gasteiger partial charge in [-0.05, 0) is 23.9 Å². The Morgan fingerprint density at radius 2 is 2.18 bits per heavy atom. The first-order valence-electron chi connectivity index (χ1n) is 7.60. The standard InChI is InChI=1S/C17H23BO4/c1-12(2)13(3)15-8-9-17(22-18(15)20)14-6-4-5-7-16(14)21-11-10-19/h4-8,12,17,19-20H,3,9-11H2,1-2H3/t17-/m0/s1. The second kappa shape index (κ2) is 7.63. The summed E-state index contributed by atoms with van der Waals surface area (Å²) in [5, 5.41) is 19.2. The van der Waals surface area contributed by atoms with E-state index in [-0.39, 0.29) is 25.2 Å². The van der Waals surface area contributed by atoms with Gasteiger partial charge in [0.05, 0.1) is 12.7 Å². The second-order valence-electron chi connectivity index (χ2n) is 5.66. The van der Waals surface area contributed by atoms with Crippen LogP contribution in [-0.2, 0) is 4.65 Å². The van der Waals surface area contributed by atoms with Crippen LogP contribution in [0.4, 0.5) is 0 Å². The predicted molar refractivity (Wildman–Crippen MR) is 87.5 cm³/mol. The molecular weight excluding hydrogens is 279 g/mol. The van der Waals surface area contributed by atoms with Crippen molar-refractivity contribution in [3.8, 4) is 5.75 Å². The predicted octanol–water partition coefficient (Wildman–Crippen LogP) is 2.68. The SMILES string of the molecule is C=C(C1=CC[C@@H](c2ccccc2OCCO)OB1O)C(C)C. The van der Waals surface area contributed by atoms with Gasteiger partial charge in [0.25, 0.3) is 0 Å². The minimum atomic E-state index is -0.973. The van der Waals surface area contributed by atoms with Crippen molar-refractivity contribution in [3.63, 3.8) is 0 Å². The van der Waals surface area contributed by atoms with Gasteiger partial charge in [0, 0.05) is 5.56 Å². The van der Waals surface area contributed by atoms with E-state index in [9.17, 15) is 5.02 Å². The van der Waals surface area contributed by atoms with Gasteiger partial charge in [-0.1, -0.05) is 50.3 Å². The maximum atomic E-state index is 10.3. The van der Waals surface area contributed by atoms with E-state index < -0.39 is 7.12 Å². The summed E-state index contributed by atoms with van der Waals surface area (Å²) in [6.45, 7) is 8.30. The average Bonchev–Trinajstić information content (AvgIpc) is 2.52. The van der Waals surface area contributed by atoms with E-state index >= 15 is 0 Å². The Morgan fingerprint density at radius 3 is 2.82 bits per heavy atom. The lowest BCUT2D eigenvalue weighted by Crippen LogP contribution is -2.29. The molecule has 1 atom stereocenters.